The third-order valence-corrected chi connectivity index (χ3v) is 12.6. The molecular weight excluding hydrogens is 1430 g/mol. The first-order valence-electron chi connectivity index (χ1n) is 29.1. The summed E-state index contributed by atoms with van der Waals surface area (Å²) < 4.78 is 159. The lowest BCUT2D eigenvalue weighted by Crippen LogP contribution is -2.56. The molecule has 1 aromatic carbocycles. The van der Waals surface area contributed by atoms with Crippen LogP contribution in [0.25, 0.3) is 10.9 Å². The number of unbranched alkanes of at least 4 members (excludes halogenated alkanes) is 4. The molecule has 2 heterocycles. The minimum Gasteiger partial charge on any atom is -0.475 e. The number of primary amides is 1. The van der Waals surface area contributed by atoms with Crippen LogP contribution in [0.2, 0.25) is 0 Å². The van der Waals surface area contributed by atoms with Crippen LogP contribution in [0, 0.1) is 0 Å². The van der Waals surface area contributed by atoms with E-state index in [2.05, 4.69) is 43.2 Å². The molecule has 31 nitrogen and oxygen atoms in total. The largest absolute Gasteiger partial charge is 0.490 e. The lowest BCUT2D eigenvalue weighted by atomic mass is 10.0. The van der Waals surface area contributed by atoms with Gasteiger partial charge in [0.1, 0.15) is 18.1 Å². The zero-order chi connectivity index (χ0) is 78.7. The van der Waals surface area contributed by atoms with E-state index in [1.165, 1.54) is 21.0 Å². The van der Waals surface area contributed by atoms with E-state index in [4.69, 9.17) is 83.9 Å². The first kappa shape index (κ1) is 95.8. The van der Waals surface area contributed by atoms with E-state index in [0.29, 0.717) is 70.3 Å². The molecule has 0 saturated carbocycles. The fourth-order valence-corrected chi connectivity index (χ4v) is 7.98. The number of aliphatic carboxylic acids is 5. The summed E-state index contributed by atoms with van der Waals surface area (Å²) in [6, 6.07) is 4.68. The Balaban J connectivity index is -0.00000222. The molecule has 576 valence electrons. The maximum atomic E-state index is 14.4. The van der Waals surface area contributed by atoms with Crippen LogP contribution in [0.5, 0.6) is 0 Å². The normalized spacial score (nSPS) is 12.1. The SMILES string of the molecule is NCCCCCC(=O)N(CCNC(=O)[C@H](Cc1c[nH]c2ccccc12)N(CCN)C(=O)CCS)[C@@H](Cc1cnc[nH]1)C(=O)NCCN(C(=O)CCCCN=C(N)N)[C@@H](CCCCN)C(N)=O.O=C(O)C(F)(F)F.O=C(O)C(F)(F)F.O=C(O)C(F)(F)F.O=C(O)C(F)(F)F.O=C(O)C(F)(F)F. The van der Waals surface area contributed by atoms with Crippen LogP contribution < -0.4 is 45.0 Å². The Morgan fingerprint density at radius 1 is 0.515 bits per heavy atom. The van der Waals surface area contributed by atoms with Crippen molar-refractivity contribution in [3.63, 3.8) is 0 Å². The highest BCUT2D eigenvalue weighted by atomic mass is 32.1. The van der Waals surface area contributed by atoms with Crippen LogP contribution in [-0.4, -0.2) is 240 Å². The van der Waals surface area contributed by atoms with Crippen LogP contribution in [0.3, 0.4) is 0 Å². The average molecular weight is 1510 g/mol. The number of halogens is 15. The number of carboxylic acids is 5. The smallest absolute Gasteiger partial charge is 0.475 e. The third kappa shape index (κ3) is 43.0. The van der Waals surface area contributed by atoms with Gasteiger partial charge in [-0.25, -0.2) is 29.0 Å². The number of carbonyl (C=O) groups is 11. The van der Waals surface area contributed by atoms with E-state index in [1.54, 1.807) is 6.20 Å². The van der Waals surface area contributed by atoms with Gasteiger partial charge in [-0.1, -0.05) is 24.6 Å². The van der Waals surface area contributed by atoms with E-state index in [1.807, 2.05) is 30.5 Å². The number of carboxylic acid groups (broad SMARTS) is 5. The van der Waals surface area contributed by atoms with Gasteiger partial charge in [0.15, 0.2) is 5.96 Å². The number of imidazole rings is 1. The summed E-state index contributed by atoms with van der Waals surface area (Å²) >= 11 is 4.26. The number of benzene rings is 1. The Hall–Kier alpha value is -9.41. The number of nitrogens with zero attached hydrogens (tertiary/aromatic N) is 5. The van der Waals surface area contributed by atoms with E-state index in [9.17, 15) is 94.6 Å². The van der Waals surface area contributed by atoms with Gasteiger partial charge in [0.2, 0.25) is 35.4 Å². The Labute approximate surface area is 568 Å². The highest BCUT2D eigenvalue weighted by Gasteiger charge is 2.41. The summed E-state index contributed by atoms with van der Waals surface area (Å²) in [5.74, 6) is -16.2. The zero-order valence-electron chi connectivity index (χ0n) is 53.1. The van der Waals surface area contributed by atoms with Crippen LogP contribution in [-0.2, 0) is 65.6 Å². The predicted molar refractivity (Wildman–Crippen MR) is 327 cm³/mol. The molecule has 3 rings (SSSR count). The first-order chi connectivity index (χ1) is 46.6. The van der Waals surface area contributed by atoms with Crippen molar-refractivity contribution < 1.29 is 144 Å². The molecule has 3 atom stereocenters. The van der Waals surface area contributed by atoms with Gasteiger partial charge in [0.25, 0.3) is 0 Å². The summed E-state index contributed by atoms with van der Waals surface area (Å²) in [5.41, 5.74) is 36.4. The number of nitrogens with one attached hydrogen (secondary N) is 4. The first-order valence-corrected chi connectivity index (χ1v) is 29.7. The van der Waals surface area contributed by atoms with Gasteiger partial charge < -0.3 is 95.2 Å². The molecule has 2 aromatic heterocycles. The van der Waals surface area contributed by atoms with Gasteiger partial charge in [0.05, 0.1) is 6.33 Å². The van der Waals surface area contributed by atoms with Crippen molar-refractivity contribution in [2.45, 2.75) is 132 Å². The van der Waals surface area contributed by atoms with Crippen LogP contribution in [0.15, 0.2) is 48.0 Å². The number of aromatic amines is 2. The van der Waals surface area contributed by atoms with Gasteiger partial charge in [0, 0.05) is 107 Å². The molecule has 0 aliphatic rings. The van der Waals surface area contributed by atoms with Crippen molar-refractivity contribution >= 4 is 94.8 Å². The van der Waals surface area contributed by atoms with Gasteiger partial charge in [-0.15, -0.1) is 0 Å². The molecule has 0 unspecified atom stereocenters. The predicted octanol–water partition coefficient (Wildman–Crippen LogP) is 2.52. The fourth-order valence-electron chi connectivity index (χ4n) is 7.79. The molecule has 0 fully saturated rings. The van der Waals surface area contributed by atoms with Crippen LogP contribution in [0.4, 0.5) is 65.9 Å². The van der Waals surface area contributed by atoms with Crippen molar-refractivity contribution in [2.75, 3.05) is 64.7 Å². The van der Waals surface area contributed by atoms with Crippen LogP contribution in [0.1, 0.15) is 81.9 Å². The number of guanidine groups is 1. The number of nitrogens with two attached hydrogens (primary N) is 6. The lowest BCUT2D eigenvalue weighted by Gasteiger charge is -2.33. The van der Waals surface area contributed by atoms with Gasteiger partial charge >= 0.3 is 60.7 Å². The number of alkyl halides is 15. The van der Waals surface area contributed by atoms with Gasteiger partial charge in [-0.3, -0.25) is 33.8 Å². The number of hydrogen-bond acceptors (Lipinski definition) is 17. The summed E-state index contributed by atoms with van der Waals surface area (Å²) in [4.78, 5) is 146. The minimum absolute atomic E-state index is 0.0431. The fraction of sp³-hybridized carbons (Fsp3) is 0.574. The minimum atomic E-state index is -5.08. The van der Waals surface area contributed by atoms with Gasteiger partial charge in [-0.2, -0.15) is 78.5 Å². The standard InChI is InChI=1S/C44H73N15O6S.5C2HF3O2/c45-16-7-1-2-13-39(61)59(24-21-52-42(64)36(57(22-18-47)40(62)15-25-66)26-31-28-55-34-11-4-3-10-33(31)34)37(27-32-29-51-30-56-32)43(65)53-20-23-58(35(41(48)63)12-5-8-17-46)38(60)14-6-9-19-54-44(49)50;5*3-2(4,5)1(6)7/h3-4,10-11,28-30,35-37,55,66H,1-2,5-9,12-27,45-47H2,(H2,48,63)(H,51,56)(H,52,64)(H,53,65)(H4,49,50,54);5*(H,6,7)/t35-,36-,37-;;;;;/m0...../s1. The second kappa shape index (κ2) is 48.4. The number of aromatic nitrogens is 3. The number of H-pyrrole nitrogens is 2. The van der Waals surface area contributed by atoms with Crippen molar-refractivity contribution in [2.24, 2.45) is 39.4 Å². The maximum Gasteiger partial charge on any atom is 0.490 e. The van der Waals surface area contributed by atoms with E-state index < -0.39 is 96.6 Å². The number of para-hydroxylation sites is 1. The summed E-state index contributed by atoms with van der Waals surface area (Å²) in [6.45, 7) is 1.21. The van der Waals surface area contributed by atoms with Gasteiger partial charge in [-0.05, 0) is 75.4 Å². The number of carbonyl (C=O) groups excluding carboxylic acids is 6. The highest BCUT2D eigenvalue weighted by Crippen LogP contribution is 2.23. The average Bonchev–Trinajstić information content (AvgIpc) is 1.72. The van der Waals surface area contributed by atoms with Crippen molar-refractivity contribution in [1.82, 2.24) is 40.3 Å². The number of amides is 6. The third-order valence-electron chi connectivity index (χ3n) is 12.4. The lowest BCUT2D eigenvalue weighted by molar-refractivity contribution is -0.193. The van der Waals surface area contributed by atoms with Crippen molar-refractivity contribution in [3.05, 3.63) is 54.2 Å². The molecule has 6 amide bonds. The number of thiol groups is 1. The van der Waals surface area contributed by atoms with Crippen LogP contribution >= 0.6 is 12.6 Å². The van der Waals surface area contributed by atoms with E-state index >= 15 is 0 Å². The van der Waals surface area contributed by atoms with Crippen molar-refractivity contribution in [3.8, 4) is 0 Å². The topological polar surface area (TPSA) is 536 Å². The summed E-state index contributed by atoms with van der Waals surface area (Å²) in [5, 5.41) is 42.4. The summed E-state index contributed by atoms with van der Waals surface area (Å²) in [6.07, 6.45) is -15.7. The summed E-state index contributed by atoms with van der Waals surface area (Å²) in [7, 11) is 0. The zero-order valence-corrected chi connectivity index (χ0v) is 54.0. The molecule has 3 aromatic rings. The molecule has 0 aliphatic heterocycles. The van der Waals surface area contributed by atoms with E-state index in [0.717, 1.165) is 16.5 Å². The molecule has 0 radical (unpaired) electrons. The monoisotopic (exact) mass is 1510 g/mol. The molecule has 0 aliphatic carbocycles. The molecule has 0 spiro atoms. The Morgan fingerprint density at radius 3 is 1.30 bits per heavy atom. The molecule has 0 saturated heterocycles. The number of aliphatic imine (C=N–C) groups is 1. The molecular formula is C54H78F15N15O16S. The Bertz CT molecular complexity index is 2920. The quantitative estimate of drug-likeness (QED) is 0.0134. The number of hydrogen-bond donors (Lipinski definition) is 16. The molecule has 21 N–H and O–H groups in total. The maximum absolute atomic E-state index is 14.4. The molecule has 47 heteroatoms. The molecule has 101 heavy (non-hydrogen) atoms. The highest BCUT2D eigenvalue weighted by molar-refractivity contribution is 7.80. The molecule has 0 bridgehead atoms. The Kier molecular flexibility index (Phi) is 45.9. The second-order valence-corrected chi connectivity index (χ2v) is 20.5. The second-order valence-electron chi connectivity index (χ2n) is 20.1. The van der Waals surface area contributed by atoms with E-state index in [-0.39, 0.29) is 107 Å². The number of rotatable bonds is 34. The Morgan fingerprint density at radius 2 is 0.911 bits per heavy atom. The van der Waals surface area contributed by atoms with Crippen molar-refractivity contribution in [1.29, 1.82) is 0 Å². The number of fused-ring (bicyclic) bond motifs is 1.